The molecule has 0 rings (SSSR count). The minimum atomic E-state index is -0.215. The number of nitrogens with one attached hydrogen (secondary N) is 1. The van der Waals surface area contributed by atoms with Gasteiger partial charge in [-0.3, -0.25) is 9.69 Å². The number of nitrogens with two attached hydrogens (primary N) is 1. The highest BCUT2D eigenvalue weighted by atomic mass is 32.1. The lowest BCUT2D eigenvalue weighted by Gasteiger charge is -2.29. The molecule has 17 heavy (non-hydrogen) atoms. The summed E-state index contributed by atoms with van der Waals surface area (Å²) in [6.07, 6.45) is 3.33. The van der Waals surface area contributed by atoms with Crippen LogP contribution in [0.25, 0.3) is 0 Å². The predicted molar refractivity (Wildman–Crippen MR) is 76.0 cm³/mol. The second kappa shape index (κ2) is 8.42. The number of hydrogen-bond acceptors (Lipinski definition) is 3. The fourth-order valence-electron chi connectivity index (χ4n) is 1.46. The molecule has 0 radical (unpaired) electrons. The SMILES string of the molecule is CCCCCNC(=O)C(C)N(C)C(C)C(N)=S. The van der Waals surface area contributed by atoms with Gasteiger partial charge in [0, 0.05) is 6.54 Å². The Kier molecular flexibility index (Phi) is 8.08. The van der Waals surface area contributed by atoms with Crippen molar-refractivity contribution in [3.8, 4) is 0 Å². The zero-order valence-electron chi connectivity index (χ0n) is 11.3. The lowest BCUT2D eigenvalue weighted by molar-refractivity contribution is -0.125. The Bertz CT molecular complexity index is 258. The first-order chi connectivity index (χ1) is 7.91. The number of likely N-dealkylation sites (N-methyl/N-ethyl adjacent to an activating group) is 1. The van der Waals surface area contributed by atoms with Crippen molar-refractivity contribution >= 4 is 23.1 Å². The number of thiocarbonyl (C=S) groups is 1. The number of nitrogens with zero attached hydrogens (tertiary/aromatic N) is 1. The maximum atomic E-state index is 11.8. The van der Waals surface area contributed by atoms with Gasteiger partial charge in [0.25, 0.3) is 0 Å². The number of amides is 1. The van der Waals surface area contributed by atoms with E-state index in [0.29, 0.717) is 4.99 Å². The number of carbonyl (C=O) groups excluding carboxylic acids is 1. The summed E-state index contributed by atoms with van der Waals surface area (Å²) in [5, 5.41) is 2.93. The lowest BCUT2D eigenvalue weighted by Crippen LogP contribution is -2.50. The number of rotatable bonds is 8. The van der Waals surface area contributed by atoms with Gasteiger partial charge < -0.3 is 11.1 Å². The van der Waals surface area contributed by atoms with E-state index in [4.69, 9.17) is 18.0 Å². The summed E-state index contributed by atoms with van der Waals surface area (Å²) in [5.74, 6) is 0.0340. The van der Waals surface area contributed by atoms with E-state index in [1.807, 2.05) is 25.8 Å². The van der Waals surface area contributed by atoms with Crippen LogP contribution in [0.15, 0.2) is 0 Å². The third kappa shape index (κ3) is 5.98. The van der Waals surface area contributed by atoms with Crippen molar-refractivity contribution in [3.63, 3.8) is 0 Å². The molecule has 0 spiro atoms. The molecule has 0 bridgehead atoms. The third-order valence-electron chi connectivity index (χ3n) is 3.09. The Morgan fingerprint density at radius 1 is 1.35 bits per heavy atom. The van der Waals surface area contributed by atoms with Crippen LogP contribution in [0, 0.1) is 0 Å². The second-order valence-electron chi connectivity index (χ2n) is 4.42. The molecule has 0 aromatic carbocycles. The minimum absolute atomic E-state index is 0.0340. The summed E-state index contributed by atoms with van der Waals surface area (Å²) in [7, 11) is 1.86. The molecule has 0 aromatic heterocycles. The van der Waals surface area contributed by atoms with E-state index in [1.165, 1.54) is 0 Å². The van der Waals surface area contributed by atoms with Crippen molar-refractivity contribution in [2.24, 2.45) is 5.73 Å². The molecule has 0 saturated carbocycles. The van der Waals surface area contributed by atoms with E-state index in [1.54, 1.807) is 0 Å². The maximum Gasteiger partial charge on any atom is 0.237 e. The molecule has 4 nitrogen and oxygen atoms in total. The van der Waals surface area contributed by atoms with Gasteiger partial charge in [-0.15, -0.1) is 0 Å². The van der Waals surface area contributed by atoms with Crippen LogP contribution in [-0.2, 0) is 4.79 Å². The number of unbranched alkanes of at least 4 members (excludes halogenated alkanes) is 2. The van der Waals surface area contributed by atoms with Gasteiger partial charge in [0.1, 0.15) is 0 Å². The monoisotopic (exact) mass is 259 g/mol. The van der Waals surface area contributed by atoms with Crippen LogP contribution in [0.4, 0.5) is 0 Å². The second-order valence-corrected chi connectivity index (χ2v) is 4.89. The topological polar surface area (TPSA) is 58.4 Å². The highest BCUT2D eigenvalue weighted by molar-refractivity contribution is 7.80. The van der Waals surface area contributed by atoms with Crippen LogP contribution < -0.4 is 11.1 Å². The summed E-state index contributed by atoms with van der Waals surface area (Å²) in [4.78, 5) is 14.1. The van der Waals surface area contributed by atoms with Gasteiger partial charge in [-0.25, -0.2) is 0 Å². The molecule has 0 aliphatic carbocycles. The van der Waals surface area contributed by atoms with E-state index >= 15 is 0 Å². The molecule has 0 aliphatic heterocycles. The van der Waals surface area contributed by atoms with E-state index in [9.17, 15) is 4.79 Å². The van der Waals surface area contributed by atoms with Gasteiger partial charge >= 0.3 is 0 Å². The van der Waals surface area contributed by atoms with Crippen LogP contribution in [0.1, 0.15) is 40.0 Å². The molecule has 100 valence electrons. The van der Waals surface area contributed by atoms with E-state index in [-0.39, 0.29) is 18.0 Å². The van der Waals surface area contributed by atoms with Crippen molar-refractivity contribution < 1.29 is 4.79 Å². The van der Waals surface area contributed by atoms with Gasteiger partial charge in [-0.1, -0.05) is 32.0 Å². The molecule has 0 aromatic rings. The zero-order valence-corrected chi connectivity index (χ0v) is 12.1. The molecule has 0 aliphatic rings. The average Bonchev–Trinajstić information content (AvgIpc) is 2.31. The Morgan fingerprint density at radius 2 is 1.94 bits per heavy atom. The number of hydrogen-bond donors (Lipinski definition) is 2. The van der Waals surface area contributed by atoms with Crippen LogP contribution in [0.3, 0.4) is 0 Å². The molecular weight excluding hydrogens is 234 g/mol. The van der Waals surface area contributed by atoms with E-state index in [2.05, 4.69) is 12.2 Å². The summed E-state index contributed by atoms with van der Waals surface area (Å²) in [6.45, 7) is 6.65. The highest BCUT2D eigenvalue weighted by Gasteiger charge is 2.23. The van der Waals surface area contributed by atoms with Gasteiger partial charge in [0.05, 0.1) is 17.1 Å². The predicted octanol–water partition coefficient (Wildman–Crippen LogP) is 1.29. The fourth-order valence-corrected chi connectivity index (χ4v) is 1.62. The van der Waals surface area contributed by atoms with Crippen LogP contribution in [0.2, 0.25) is 0 Å². The first-order valence-corrected chi connectivity index (χ1v) is 6.61. The van der Waals surface area contributed by atoms with Crippen LogP contribution >= 0.6 is 12.2 Å². The lowest BCUT2D eigenvalue weighted by atomic mass is 10.2. The highest BCUT2D eigenvalue weighted by Crippen LogP contribution is 2.03. The molecule has 0 saturated heterocycles. The van der Waals surface area contributed by atoms with Crippen molar-refractivity contribution in [1.82, 2.24) is 10.2 Å². The first-order valence-electron chi connectivity index (χ1n) is 6.20. The summed E-state index contributed by atoms with van der Waals surface area (Å²) in [5.41, 5.74) is 5.57. The summed E-state index contributed by atoms with van der Waals surface area (Å²) >= 11 is 4.93. The zero-order chi connectivity index (χ0) is 13.4. The summed E-state index contributed by atoms with van der Waals surface area (Å²) < 4.78 is 0. The van der Waals surface area contributed by atoms with Crippen LogP contribution in [0.5, 0.6) is 0 Å². The average molecular weight is 259 g/mol. The van der Waals surface area contributed by atoms with E-state index < -0.39 is 0 Å². The summed E-state index contributed by atoms with van der Waals surface area (Å²) in [6, 6.07) is -0.283. The Hall–Kier alpha value is -0.680. The molecule has 0 heterocycles. The van der Waals surface area contributed by atoms with E-state index in [0.717, 1.165) is 25.8 Å². The molecule has 2 unspecified atom stereocenters. The Labute approximate surface area is 110 Å². The van der Waals surface area contributed by atoms with Gasteiger partial charge in [0.2, 0.25) is 5.91 Å². The molecule has 5 heteroatoms. The Balaban J connectivity index is 4.07. The van der Waals surface area contributed by atoms with Gasteiger partial charge in [0.15, 0.2) is 0 Å². The van der Waals surface area contributed by atoms with Gasteiger partial charge in [-0.05, 0) is 27.3 Å². The molecular formula is C12H25N3OS. The molecule has 2 atom stereocenters. The molecule has 0 fully saturated rings. The smallest absolute Gasteiger partial charge is 0.237 e. The van der Waals surface area contributed by atoms with Crippen molar-refractivity contribution in [2.45, 2.75) is 52.1 Å². The molecule has 3 N–H and O–H groups in total. The normalized spacial score (nSPS) is 14.4. The van der Waals surface area contributed by atoms with Crippen molar-refractivity contribution in [2.75, 3.05) is 13.6 Å². The fraction of sp³-hybridized carbons (Fsp3) is 0.833. The minimum Gasteiger partial charge on any atom is -0.392 e. The first kappa shape index (κ1) is 16.3. The third-order valence-corrected chi connectivity index (χ3v) is 3.43. The molecule has 1 amide bonds. The largest absolute Gasteiger partial charge is 0.392 e. The standard InChI is InChI=1S/C12H25N3OS/c1-5-6-7-8-14-12(16)10(3)15(4)9(2)11(13)17/h9-10H,5-8H2,1-4H3,(H2,13,17)(H,14,16). The van der Waals surface area contributed by atoms with Crippen LogP contribution in [-0.4, -0.2) is 41.5 Å². The van der Waals surface area contributed by atoms with Crippen molar-refractivity contribution in [3.05, 3.63) is 0 Å². The number of carbonyl (C=O) groups is 1. The maximum absolute atomic E-state index is 11.8. The quantitative estimate of drug-likeness (QED) is 0.509. The van der Waals surface area contributed by atoms with Crippen molar-refractivity contribution in [1.29, 1.82) is 0 Å². The Morgan fingerprint density at radius 3 is 2.41 bits per heavy atom. The van der Waals surface area contributed by atoms with Gasteiger partial charge in [-0.2, -0.15) is 0 Å².